The van der Waals surface area contributed by atoms with Gasteiger partial charge in [-0.05, 0) is 13.0 Å². The van der Waals surface area contributed by atoms with Gasteiger partial charge in [-0.2, -0.15) is 0 Å². The average molecular weight is 269 g/mol. The first-order chi connectivity index (χ1) is 9.74. The molecule has 102 valence electrons. The zero-order valence-corrected chi connectivity index (χ0v) is 11.1. The van der Waals surface area contributed by atoms with Crippen molar-refractivity contribution in [2.45, 2.75) is 13.0 Å². The molecule has 0 saturated heterocycles. The summed E-state index contributed by atoms with van der Waals surface area (Å²) in [5.74, 6) is 1.42. The maximum Gasteiger partial charge on any atom is 0.231 e. The molecule has 0 saturated carbocycles. The molecule has 0 aliphatic carbocycles. The highest BCUT2D eigenvalue weighted by Gasteiger charge is 2.11. The Hall–Kier alpha value is -2.40. The third-order valence-electron chi connectivity index (χ3n) is 2.95. The second kappa shape index (κ2) is 5.30. The smallest absolute Gasteiger partial charge is 0.231 e. The van der Waals surface area contributed by atoms with E-state index in [-0.39, 0.29) is 0 Å². The van der Waals surface area contributed by atoms with Crippen molar-refractivity contribution in [3.8, 4) is 11.3 Å². The second-order valence-electron chi connectivity index (χ2n) is 4.65. The number of aromatic nitrogens is 2. The summed E-state index contributed by atoms with van der Waals surface area (Å²) in [5.41, 5.74) is 1.53. The highest BCUT2D eigenvalue weighted by atomic mass is 16.3. The molecule has 0 aliphatic rings. The standard InChI is InChI=1S/C15H15N3O2/c1-10(19)8-16-14-12-7-13(11-5-3-2-4-6-11)20-15(12)18-9-17-14/h2-7,9-10,19H,8H2,1H3,(H,16,17,18). The number of nitrogens with zero attached hydrogens (tertiary/aromatic N) is 2. The maximum absolute atomic E-state index is 9.34. The number of anilines is 1. The molecular formula is C15H15N3O2. The Morgan fingerprint density at radius 3 is 2.80 bits per heavy atom. The summed E-state index contributed by atoms with van der Waals surface area (Å²) < 4.78 is 5.75. The van der Waals surface area contributed by atoms with Crippen molar-refractivity contribution in [3.63, 3.8) is 0 Å². The molecule has 3 aromatic rings. The molecule has 5 heteroatoms. The lowest BCUT2D eigenvalue weighted by Gasteiger charge is -2.07. The van der Waals surface area contributed by atoms with Crippen LogP contribution in [0.3, 0.4) is 0 Å². The third-order valence-corrected chi connectivity index (χ3v) is 2.95. The van der Waals surface area contributed by atoms with Gasteiger partial charge < -0.3 is 14.8 Å². The van der Waals surface area contributed by atoms with Crippen molar-refractivity contribution in [1.82, 2.24) is 9.97 Å². The molecule has 0 radical (unpaired) electrons. The van der Waals surface area contributed by atoms with E-state index in [1.54, 1.807) is 6.92 Å². The molecule has 2 N–H and O–H groups in total. The van der Waals surface area contributed by atoms with Crippen molar-refractivity contribution in [2.24, 2.45) is 0 Å². The lowest BCUT2D eigenvalue weighted by Crippen LogP contribution is -2.16. The molecule has 0 fully saturated rings. The van der Waals surface area contributed by atoms with Gasteiger partial charge in [0, 0.05) is 12.1 Å². The number of hydrogen-bond acceptors (Lipinski definition) is 5. The molecule has 0 amide bonds. The summed E-state index contributed by atoms with van der Waals surface area (Å²) >= 11 is 0. The first kappa shape index (κ1) is 12.6. The van der Waals surface area contributed by atoms with Crippen molar-refractivity contribution in [3.05, 3.63) is 42.7 Å². The minimum atomic E-state index is -0.444. The minimum Gasteiger partial charge on any atom is -0.438 e. The Kier molecular flexibility index (Phi) is 3.35. The van der Waals surface area contributed by atoms with Gasteiger partial charge in [0.05, 0.1) is 11.5 Å². The van der Waals surface area contributed by atoms with Gasteiger partial charge in [-0.25, -0.2) is 9.97 Å². The number of benzene rings is 1. The van der Waals surface area contributed by atoms with Gasteiger partial charge in [0.25, 0.3) is 0 Å². The Bertz CT molecular complexity index is 707. The monoisotopic (exact) mass is 269 g/mol. The van der Waals surface area contributed by atoms with Gasteiger partial charge >= 0.3 is 0 Å². The van der Waals surface area contributed by atoms with Gasteiger partial charge in [-0.3, -0.25) is 0 Å². The summed E-state index contributed by atoms with van der Waals surface area (Å²) in [6.07, 6.45) is 1.01. The first-order valence-electron chi connectivity index (χ1n) is 6.46. The van der Waals surface area contributed by atoms with E-state index in [1.807, 2.05) is 36.4 Å². The van der Waals surface area contributed by atoms with Crippen LogP contribution in [0.15, 0.2) is 47.1 Å². The van der Waals surface area contributed by atoms with Crippen molar-refractivity contribution < 1.29 is 9.52 Å². The van der Waals surface area contributed by atoms with Crippen LogP contribution in [-0.4, -0.2) is 27.7 Å². The van der Waals surface area contributed by atoms with E-state index < -0.39 is 6.10 Å². The van der Waals surface area contributed by atoms with Crippen LogP contribution >= 0.6 is 0 Å². The SMILES string of the molecule is CC(O)CNc1ncnc2oc(-c3ccccc3)cc12. The van der Waals surface area contributed by atoms with E-state index in [9.17, 15) is 5.11 Å². The van der Waals surface area contributed by atoms with Crippen LogP contribution in [0.5, 0.6) is 0 Å². The second-order valence-corrected chi connectivity index (χ2v) is 4.65. The van der Waals surface area contributed by atoms with Crippen LogP contribution in [0.2, 0.25) is 0 Å². The number of nitrogens with one attached hydrogen (secondary N) is 1. The maximum atomic E-state index is 9.34. The van der Waals surface area contributed by atoms with Gasteiger partial charge in [0.2, 0.25) is 5.71 Å². The summed E-state index contributed by atoms with van der Waals surface area (Å²) in [6, 6.07) is 11.8. The average Bonchev–Trinajstić information content (AvgIpc) is 2.90. The van der Waals surface area contributed by atoms with Crippen LogP contribution < -0.4 is 5.32 Å². The minimum absolute atomic E-state index is 0.429. The number of rotatable bonds is 4. The Labute approximate surface area is 116 Å². The first-order valence-corrected chi connectivity index (χ1v) is 6.46. The van der Waals surface area contributed by atoms with E-state index >= 15 is 0 Å². The Balaban J connectivity index is 2.00. The summed E-state index contributed by atoms with van der Waals surface area (Å²) in [5, 5.41) is 13.2. The zero-order chi connectivity index (χ0) is 13.9. The molecule has 5 nitrogen and oxygen atoms in total. The molecule has 0 aliphatic heterocycles. The lowest BCUT2D eigenvalue weighted by atomic mass is 10.2. The number of fused-ring (bicyclic) bond motifs is 1. The number of furan rings is 1. The quantitative estimate of drug-likeness (QED) is 0.762. The van der Waals surface area contributed by atoms with Gasteiger partial charge in [-0.1, -0.05) is 30.3 Å². The molecule has 2 heterocycles. The molecule has 1 aromatic carbocycles. The fourth-order valence-corrected chi connectivity index (χ4v) is 1.99. The Morgan fingerprint density at radius 1 is 1.25 bits per heavy atom. The van der Waals surface area contributed by atoms with Gasteiger partial charge in [0.15, 0.2) is 0 Å². The fraction of sp³-hybridized carbons (Fsp3) is 0.200. The van der Waals surface area contributed by atoms with Crippen LogP contribution in [-0.2, 0) is 0 Å². The van der Waals surface area contributed by atoms with Crippen molar-refractivity contribution in [1.29, 1.82) is 0 Å². The molecular weight excluding hydrogens is 254 g/mol. The van der Waals surface area contributed by atoms with Gasteiger partial charge in [-0.15, -0.1) is 0 Å². The molecule has 2 aromatic heterocycles. The number of aliphatic hydroxyl groups excluding tert-OH is 1. The summed E-state index contributed by atoms with van der Waals surface area (Å²) in [7, 11) is 0. The van der Waals surface area contributed by atoms with E-state index in [2.05, 4.69) is 15.3 Å². The highest BCUT2D eigenvalue weighted by Crippen LogP contribution is 2.29. The molecule has 1 atom stereocenters. The molecule has 0 spiro atoms. The van der Waals surface area contributed by atoms with Gasteiger partial charge in [0.1, 0.15) is 17.9 Å². The normalized spacial score (nSPS) is 12.5. The largest absolute Gasteiger partial charge is 0.438 e. The van der Waals surface area contributed by atoms with Crippen LogP contribution in [0.1, 0.15) is 6.92 Å². The molecule has 1 unspecified atom stereocenters. The topological polar surface area (TPSA) is 71.2 Å². The van der Waals surface area contributed by atoms with Crippen LogP contribution in [0, 0.1) is 0 Å². The highest BCUT2D eigenvalue weighted by molar-refractivity contribution is 5.89. The number of aliphatic hydroxyl groups is 1. The molecule has 0 bridgehead atoms. The van der Waals surface area contributed by atoms with E-state index in [0.717, 1.165) is 16.7 Å². The van der Waals surface area contributed by atoms with E-state index in [4.69, 9.17) is 4.42 Å². The van der Waals surface area contributed by atoms with Crippen LogP contribution in [0.25, 0.3) is 22.4 Å². The van der Waals surface area contributed by atoms with Crippen molar-refractivity contribution in [2.75, 3.05) is 11.9 Å². The zero-order valence-electron chi connectivity index (χ0n) is 11.1. The Morgan fingerprint density at radius 2 is 2.05 bits per heavy atom. The summed E-state index contributed by atoms with van der Waals surface area (Å²) in [4.78, 5) is 8.33. The summed E-state index contributed by atoms with van der Waals surface area (Å²) in [6.45, 7) is 2.15. The van der Waals surface area contributed by atoms with Crippen LogP contribution in [0.4, 0.5) is 5.82 Å². The molecule has 3 rings (SSSR count). The fourth-order valence-electron chi connectivity index (χ4n) is 1.99. The van der Waals surface area contributed by atoms with E-state index in [0.29, 0.717) is 18.1 Å². The number of hydrogen-bond donors (Lipinski definition) is 2. The van der Waals surface area contributed by atoms with E-state index in [1.165, 1.54) is 6.33 Å². The molecule has 20 heavy (non-hydrogen) atoms. The predicted octanol–water partition coefficient (Wildman–Crippen LogP) is 2.68. The lowest BCUT2D eigenvalue weighted by molar-refractivity contribution is 0.208. The van der Waals surface area contributed by atoms with Crippen molar-refractivity contribution >= 4 is 16.9 Å². The predicted molar refractivity (Wildman–Crippen MR) is 77.4 cm³/mol. The third kappa shape index (κ3) is 2.48.